The molecule has 88 valence electrons. The van der Waals surface area contributed by atoms with Crippen molar-refractivity contribution in [2.75, 3.05) is 0 Å². The normalized spacial score (nSPS) is 10.2. The van der Waals surface area contributed by atoms with E-state index in [1.165, 1.54) is 17.7 Å². The molecule has 0 atom stereocenters. The highest BCUT2D eigenvalue weighted by molar-refractivity contribution is 7.80. The fraction of sp³-hybridized carbons (Fsp3) is 0.833. The molecule has 0 aromatic rings. The number of thiocarbonyl (C=S) groups is 1. The molecular weight excluding hydrogens is 208 g/mol. The van der Waals surface area contributed by atoms with Gasteiger partial charge in [-0.3, -0.25) is 4.79 Å². The Labute approximate surface area is 98.1 Å². The molecule has 0 aromatic heterocycles. The van der Waals surface area contributed by atoms with Crippen LogP contribution in [-0.2, 0) is 4.79 Å². The zero-order valence-electron chi connectivity index (χ0n) is 9.63. The van der Waals surface area contributed by atoms with E-state index in [-0.39, 0.29) is 0 Å². The maximum absolute atomic E-state index is 10.2. The third-order valence-corrected chi connectivity index (χ3v) is 2.78. The molecule has 0 aromatic carbocycles. The minimum Gasteiger partial charge on any atom is -0.481 e. The Kier molecular flexibility index (Phi) is 9.79. The first kappa shape index (κ1) is 14.6. The summed E-state index contributed by atoms with van der Waals surface area (Å²) in [6, 6.07) is 0. The quantitative estimate of drug-likeness (QED) is 0.456. The Morgan fingerprint density at radius 2 is 1.53 bits per heavy atom. The molecule has 0 amide bonds. The zero-order chi connectivity index (χ0) is 11.5. The van der Waals surface area contributed by atoms with E-state index in [1.54, 1.807) is 0 Å². The molecule has 0 saturated carbocycles. The number of carboxylic acids is 1. The second kappa shape index (κ2) is 10.1. The monoisotopic (exact) mass is 230 g/mol. The van der Waals surface area contributed by atoms with Crippen LogP contribution in [0, 0.1) is 0 Å². The van der Waals surface area contributed by atoms with Crippen molar-refractivity contribution >= 4 is 23.1 Å². The lowest BCUT2D eigenvalue weighted by atomic mass is 10.1. The van der Waals surface area contributed by atoms with Crippen molar-refractivity contribution in [3.05, 3.63) is 0 Å². The smallest absolute Gasteiger partial charge is 0.303 e. The van der Waals surface area contributed by atoms with E-state index in [1.807, 2.05) is 0 Å². The summed E-state index contributed by atoms with van der Waals surface area (Å²) in [5, 5.41) is 8.43. The Balaban J connectivity index is 3.11. The van der Waals surface area contributed by atoms with Gasteiger partial charge in [0.05, 0.1) is 0 Å². The van der Waals surface area contributed by atoms with Crippen molar-refractivity contribution in [2.24, 2.45) is 0 Å². The maximum Gasteiger partial charge on any atom is 0.303 e. The Morgan fingerprint density at radius 1 is 1.00 bits per heavy atom. The molecule has 15 heavy (non-hydrogen) atoms. The molecule has 3 heteroatoms. The minimum atomic E-state index is -0.681. The van der Waals surface area contributed by atoms with Crippen LogP contribution < -0.4 is 0 Å². The highest BCUT2D eigenvalue weighted by Crippen LogP contribution is 2.09. The van der Waals surface area contributed by atoms with Crippen LogP contribution >= 0.6 is 12.2 Å². The van der Waals surface area contributed by atoms with Crippen molar-refractivity contribution in [2.45, 2.75) is 64.7 Å². The number of carboxylic acid groups (broad SMARTS) is 1. The van der Waals surface area contributed by atoms with Crippen molar-refractivity contribution in [1.82, 2.24) is 0 Å². The number of rotatable bonds is 10. The molecule has 0 rings (SSSR count). The van der Waals surface area contributed by atoms with Crippen LogP contribution in [0.5, 0.6) is 0 Å². The van der Waals surface area contributed by atoms with Crippen molar-refractivity contribution in [1.29, 1.82) is 0 Å². The largest absolute Gasteiger partial charge is 0.481 e. The predicted octanol–water partition coefficient (Wildman–Crippen LogP) is 3.97. The number of carbonyl (C=O) groups is 1. The van der Waals surface area contributed by atoms with E-state index in [9.17, 15) is 4.79 Å². The molecule has 0 radical (unpaired) electrons. The lowest BCUT2D eigenvalue weighted by Gasteiger charge is -2.02. The third-order valence-electron chi connectivity index (χ3n) is 2.38. The van der Waals surface area contributed by atoms with Crippen LogP contribution in [0.25, 0.3) is 0 Å². The van der Waals surface area contributed by atoms with E-state index in [4.69, 9.17) is 17.3 Å². The fourth-order valence-corrected chi connectivity index (χ4v) is 1.88. The second-order valence-electron chi connectivity index (χ2n) is 3.95. The maximum atomic E-state index is 10.2. The van der Waals surface area contributed by atoms with E-state index in [0.29, 0.717) is 6.42 Å². The van der Waals surface area contributed by atoms with Gasteiger partial charge in [0.2, 0.25) is 0 Å². The first-order chi connectivity index (χ1) is 7.16. The number of unbranched alkanes of at least 4 members (excludes halogenated alkanes) is 4. The average Bonchev–Trinajstić information content (AvgIpc) is 2.16. The summed E-state index contributed by atoms with van der Waals surface area (Å²) >= 11 is 5.21. The zero-order valence-corrected chi connectivity index (χ0v) is 10.4. The topological polar surface area (TPSA) is 37.3 Å². The molecule has 0 saturated heterocycles. The second-order valence-corrected chi connectivity index (χ2v) is 4.53. The van der Waals surface area contributed by atoms with Crippen molar-refractivity contribution in [3.63, 3.8) is 0 Å². The molecule has 0 aliphatic rings. The highest BCUT2D eigenvalue weighted by Gasteiger charge is 1.98. The molecule has 0 heterocycles. The summed E-state index contributed by atoms with van der Waals surface area (Å²) in [5.74, 6) is -0.681. The fourth-order valence-electron chi connectivity index (χ4n) is 1.53. The predicted molar refractivity (Wildman–Crippen MR) is 67.5 cm³/mol. The minimum absolute atomic E-state index is 0.314. The molecule has 2 nitrogen and oxygen atoms in total. The van der Waals surface area contributed by atoms with Gasteiger partial charge in [0, 0.05) is 6.42 Å². The summed E-state index contributed by atoms with van der Waals surface area (Å²) in [4.78, 5) is 11.4. The van der Waals surface area contributed by atoms with Gasteiger partial charge in [-0.2, -0.15) is 0 Å². The summed E-state index contributed by atoms with van der Waals surface area (Å²) < 4.78 is 0. The highest BCUT2D eigenvalue weighted by atomic mass is 32.1. The van der Waals surface area contributed by atoms with Gasteiger partial charge >= 0.3 is 5.97 Å². The molecule has 0 aliphatic heterocycles. The number of aliphatic carboxylic acids is 1. The SMILES string of the molecule is CCCC(=S)CCCCCCCC(=O)O. The molecular formula is C12H22O2S. The Morgan fingerprint density at radius 3 is 2.07 bits per heavy atom. The number of hydrogen-bond donors (Lipinski definition) is 1. The average molecular weight is 230 g/mol. The van der Waals surface area contributed by atoms with E-state index in [0.717, 1.165) is 38.5 Å². The van der Waals surface area contributed by atoms with Gasteiger partial charge in [0.1, 0.15) is 0 Å². The Bertz CT molecular complexity index is 190. The van der Waals surface area contributed by atoms with Gasteiger partial charge in [0.25, 0.3) is 0 Å². The molecule has 0 fully saturated rings. The number of hydrogen-bond acceptors (Lipinski definition) is 2. The van der Waals surface area contributed by atoms with Gasteiger partial charge < -0.3 is 5.11 Å². The van der Waals surface area contributed by atoms with Crippen LogP contribution in [0.1, 0.15) is 64.7 Å². The van der Waals surface area contributed by atoms with Gasteiger partial charge in [-0.15, -0.1) is 0 Å². The van der Waals surface area contributed by atoms with Crippen LogP contribution in [-0.4, -0.2) is 15.9 Å². The molecule has 0 unspecified atom stereocenters. The van der Waals surface area contributed by atoms with Crippen molar-refractivity contribution < 1.29 is 9.90 Å². The van der Waals surface area contributed by atoms with E-state index in [2.05, 4.69) is 6.92 Å². The van der Waals surface area contributed by atoms with E-state index >= 15 is 0 Å². The molecule has 0 spiro atoms. The molecule has 0 bridgehead atoms. The molecule has 1 N–H and O–H groups in total. The van der Waals surface area contributed by atoms with Gasteiger partial charge in [-0.1, -0.05) is 44.8 Å². The third kappa shape index (κ3) is 11.5. The first-order valence-corrected chi connectivity index (χ1v) is 6.31. The lowest BCUT2D eigenvalue weighted by molar-refractivity contribution is -0.137. The van der Waals surface area contributed by atoms with Crippen LogP contribution in [0.2, 0.25) is 0 Å². The Hall–Kier alpha value is -0.440. The lowest BCUT2D eigenvalue weighted by Crippen LogP contribution is -1.95. The van der Waals surface area contributed by atoms with Gasteiger partial charge in [0.15, 0.2) is 0 Å². The van der Waals surface area contributed by atoms with Gasteiger partial charge in [-0.25, -0.2) is 0 Å². The van der Waals surface area contributed by atoms with Gasteiger partial charge in [-0.05, 0) is 30.5 Å². The summed E-state index contributed by atoms with van der Waals surface area (Å²) in [7, 11) is 0. The molecule has 0 aliphatic carbocycles. The standard InChI is InChI=1S/C12H22O2S/c1-2-8-11(15)9-6-4-3-5-7-10-12(13)14/h2-10H2,1H3,(H,13,14). The first-order valence-electron chi connectivity index (χ1n) is 5.90. The van der Waals surface area contributed by atoms with Crippen LogP contribution in [0.15, 0.2) is 0 Å². The van der Waals surface area contributed by atoms with Crippen LogP contribution in [0.3, 0.4) is 0 Å². The summed E-state index contributed by atoms with van der Waals surface area (Å²) in [5.41, 5.74) is 0. The van der Waals surface area contributed by atoms with E-state index < -0.39 is 5.97 Å². The summed E-state index contributed by atoms with van der Waals surface area (Å²) in [6.07, 6.45) is 8.96. The van der Waals surface area contributed by atoms with Crippen molar-refractivity contribution in [3.8, 4) is 0 Å². The summed E-state index contributed by atoms with van der Waals surface area (Å²) in [6.45, 7) is 2.15. The van der Waals surface area contributed by atoms with Crippen LogP contribution in [0.4, 0.5) is 0 Å².